The number of halogens is 2. The van der Waals surface area contributed by atoms with Crippen LogP contribution in [0, 0.1) is 25.5 Å². The van der Waals surface area contributed by atoms with Gasteiger partial charge in [0.25, 0.3) is 0 Å². The highest BCUT2D eigenvalue weighted by Crippen LogP contribution is 2.41. The van der Waals surface area contributed by atoms with Gasteiger partial charge in [-0.2, -0.15) is 22.8 Å². The zero-order valence-corrected chi connectivity index (χ0v) is 22.2. The topological polar surface area (TPSA) is 65.5 Å². The van der Waals surface area contributed by atoms with Gasteiger partial charge in [-0.3, -0.25) is 10.00 Å². The quantitative estimate of drug-likeness (QED) is 0.331. The van der Waals surface area contributed by atoms with Crippen molar-refractivity contribution in [2.75, 3.05) is 6.54 Å². The standard InChI is InChI=1S/C27H27F2N7S/c1-14-10-16(11-15(2)23(14)28)36-25(22-19(33-36)8-9-30-27(22,3)37)26-32-20(13-34(26)4)17-6-7-21-18(24(17)29)12-31-35(21)5/h6-7,10-13,30,37H,8-9H2,1-5H3/t27-/m0/s1. The summed E-state index contributed by atoms with van der Waals surface area (Å²) in [6, 6.07) is 7.15. The number of aromatic nitrogens is 6. The molecule has 0 radical (unpaired) electrons. The molecule has 1 aliphatic heterocycles. The third kappa shape index (κ3) is 3.61. The van der Waals surface area contributed by atoms with Crippen molar-refractivity contribution < 1.29 is 8.78 Å². The third-order valence-corrected chi connectivity index (χ3v) is 7.55. The number of nitrogens with zero attached hydrogens (tertiary/aromatic N) is 6. The maximum atomic E-state index is 15.5. The second kappa shape index (κ2) is 8.26. The molecule has 3 aromatic heterocycles. The zero-order chi connectivity index (χ0) is 26.2. The van der Waals surface area contributed by atoms with Gasteiger partial charge in [-0.25, -0.2) is 18.4 Å². The summed E-state index contributed by atoms with van der Waals surface area (Å²) in [6.07, 6.45) is 4.06. The van der Waals surface area contributed by atoms with Gasteiger partial charge in [-0.1, -0.05) is 0 Å². The number of hydrogen-bond donors (Lipinski definition) is 2. The molecule has 1 atom stereocenters. The van der Waals surface area contributed by atoms with Crippen molar-refractivity contribution >= 4 is 23.5 Å². The van der Waals surface area contributed by atoms with Gasteiger partial charge in [0.15, 0.2) is 5.82 Å². The molecule has 0 saturated heterocycles. The molecule has 0 bridgehead atoms. The van der Waals surface area contributed by atoms with Gasteiger partial charge in [0.05, 0.1) is 39.0 Å². The molecule has 0 fully saturated rings. The van der Waals surface area contributed by atoms with Gasteiger partial charge in [-0.15, -0.1) is 0 Å². The fourth-order valence-corrected chi connectivity index (χ4v) is 5.66. The van der Waals surface area contributed by atoms with Crippen molar-refractivity contribution in [1.82, 2.24) is 34.4 Å². The lowest BCUT2D eigenvalue weighted by Gasteiger charge is -2.30. The van der Waals surface area contributed by atoms with Crippen molar-refractivity contribution in [2.24, 2.45) is 14.1 Å². The average Bonchev–Trinajstić information content (AvgIpc) is 3.53. The Balaban J connectivity index is 1.60. The molecule has 2 aromatic carbocycles. The molecule has 7 nitrogen and oxygen atoms in total. The summed E-state index contributed by atoms with van der Waals surface area (Å²) < 4.78 is 35.4. The molecule has 0 unspecified atom stereocenters. The van der Waals surface area contributed by atoms with E-state index in [4.69, 9.17) is 22.7 Å². The second-order valence-corrected chi connectivity index (χ2v) is 10.8. The fraction of sp³-hybridized carbons (Fsp3) is 0.296. The fourth-order valence-electron chi connectivity index (χ4n) is 5.31. The summed E-state index contributed by atoms with van der Waals surface area (Å²) in [4.78, 5) is 4.25. The number of hydrogen-bond acceptors (Lipinski definition) is 5. The molecule has 0 aliphatic carbocycles. The molecular weight excluding hydrogens is 492 g/mol. The maximum absolute atomic E-state index is 15.5. The second-order valence-electron chi connectivity index (χ2n) is 9.91. The highest BCUT2D eigenvalue weighted by molar-refractivity contribution is 7.81. The zero-order valence-electron chi connectivity index (χ0n) is 21.3. The number of rotatable bonds is 3. The number of imidazole rings is 1. The molecule has 6 rings (SSSR count). The molecule has 4 heterocycles. The molecule has 0 saturated carbocycles. The lowest BCUT2D eigenvalue weighted by Crippen LogP contribution is -2.40. The Morgan fingerprint density at radius 2 is 1.81 bits per heavy atom. The van der Waals surface area contributed by atoms with E-state index in [1.54, 1.807) is 43.8 Å². The lowest BCUT2D eigenvalue weighted by atomic mass is 9.98. The normalized spacial score (nSPS) is 17.5. The van der Waals surface area contributed by atoms with Gasteiger partial charge < -0.3 is 4.57 Å². The van der Waals surface area contributed by atoms with Crippen molar-refractivity contribution in [3.63, 3.8) is 0 Å². The van der Waals surface area contributed by atoms with E-state index in [0.717, 1.165) is 29.2 Å². The monoisotopic (exact) mass is 519 g/mol. The first-order chi connectivity index (χ1) is 17.6. The van der Waals surface area contributed by atoms with Crippen LogP contribution in [0.25, 0.3) is 39.4 Å². The van der Waals surface area contributed by atoms with Crippen LogP contribution in [0.5, 0.6) is 0 Å². The summed E-state index contributed by atoms with van der Waals surface area (Å²) in [5.74, 6) is 0.0118. The number of thiol groups is 1. The first kappa shape index (κ1) is 23.9. The third-order valence-electron chi connectivity index (χ3n) is 7.17. The minimum absolute atomic E-state index is 0.233. The van der Waals surface area contributed by atoms with Crippen LogP contribution in [-0.2, 0) is 25.4 Å². The van der Waals surface area contributed by atoms with E-state index >= 15 is 4.39 Å². The van der Waals surface area contributed by atoms with E-state index in [0.29, 0.717) is 45.5 Å². The molecule has 190 valence electrons. The summed E-state index contributed by atoms with van der Waals surface area (Å²) in [5.41, 5.74) is 5.95. The van der Waals surface area contributed by atoms with E-state index < -0.39 is 4.87 Å². The van der Waals surface area contributed by atoms with Crippen LogP contribution in [0.1, 0.15) is 29.3 Å². The number of nitrogens with one attached hydrogen (secondary N) is 1. The minimum atomic E-state index is -0.669. The Labute approximate surface area is 218 Å². The van der Waals surface area contributed by atoms with Gasteiger partial charge in [0.1, 0.15) is 17.3 Å². The molecule has 1 aliphatic rings. The van der Waals surface area contributed by atoms with Crippen LogP contribution in [0.4, 0.5) is 8.78 Å². The van der Waals surface area contributed by atoms with Crippen molar-refractivity contribution in [1.29, 1.82) is 0 Å². The predicted octanol–water partition coefficient (Wildman–Crippen LogP) is 4.97. The molecular formula is C27H27F2N7S. The predicted molar refractivity (Wildman–Crippen MR) is 143 cm³/mol. The molecule has 5 aromatic rings. The van der Waals surface area contributed by atoms with Gasteiger partial charge in [0, 0.05) is 44.4 Å². The van der Waals surface area contributed by atoms with E-state index in [1.165, 1.54) is 6.20 Å². The summed E-state index contributed by atoms with van der Waals surface area (Å²) in [7, 11) is 3.66. The smallest absolute Gasteiger partial charge is 0.159 e. The largest absolute Gasteiger partial charge is 0.332 e. The Morgan fingerprint density at radius 3 is 2.54 bits per heavy atom. The first-order valence-corrected chi connectivity index (χ1v) is 12.5. The van der Waals surface area contributed by atoms with Gasteiger partial charge >= 0.3 is 0 Å². The highest BCUT2D eigenvalue weighted by Gasteiger charge is 2.37. The van der Waals surface area contributed by atoms with E-state index in [2.05, 4.69) is 10.4 Å². The van der Waals surface area contributed by atoms with E-state index in [-0.39, 0.29) is 11.6 Å². The van der Waals surface area contributed by atoms with Crippen molar-refractivity contribution in [2.45, 2.75) is 32.1 Å². The molecule has 0 spiro atoms. The average molecular weight is 520 g/mol. The van der Waals surface area contributed by atoms with E-state index in [1.807, 2.05) is 35.5 Å². The lowest BCUT2D eigenvalue weighted by molar-refractivity contribution is 0.496. The Kier molecular flexibility index (Phi) is 5.33. The number of aryl methyl sites for hydroxylation is 4. The highest BCUT2D eigenvalue weighted by atomic mass is 32.1. The number of benzene rings is 2. The van der Waals surface area contributed by atoms with Crippen LogP contribution < -0.4 is 5.32 Å². The number of fused-ring (bicyclic) bond motifs is 2. The van der Waals surface area contributed by atoms with Crippen LogP contribution >= 0.6 is 12.6 Å². The summed E-state index contributed by atoms with van der Waals surface area (Å²) in [6.45, 7) is 6.21. The molecule has 37 heavy (non-hydrogen) atoms. The van der Waals surface area contributed by atoms with Crippen molar-refractivity contribution in [3.05, 3.63) is 70.7 Å². The van der Waals surface area contributed by atoms with Crippen LogP contribution in [0.15, 0.2) is 36.7 Å². The van der Waals surface area contributed by atoms with Gasteiger partial charge in [0.2, 0.25) is 0 Å². The van der Waals surface area contributed by atoms with Crippen LogP contribution in [-0.4, -0.2) is 35.7 Å². The summed E-state index contributed by atoms with van der Waals surface area (Å²) >= 11 is 4.94. The SMILES string of the molecule is Cc1cc(-n2nc3c(c2-c2nc(-c4ccc5c(cnn5C)c4F)cn2C)[C@](C)(S)NCC3)cc(C)c1F. The Morgan fingerprint density at radius 1 is 1.08 bits per heavy atom. The maximum Gasteiger partial charge on any atom is 0.159 e. The Hall–Kier alpha value is -3.50. The van der Waals surface area contributed by atoms with Gasteiger partial charge in [-0.05, 0) is 56.2 Å². The Bertz CT molecular complexity index is 1690. The van der Waals surface area contributed by atoms with E-state index in [9.17, 15) is 4.39 Å². The van der Waals surface area contributed by atoms with Crippen LogP contribution in [0.3, 0.4) is 0 Å². The summed E-state index contributed by atoms with van der Waals surface area (Å²) in [5, 5.41) is 13.0. The van der Waals surface area contributed by atoms with Crippen molar-refractivity contribution in [3.8, 4) is 28.5 Å². The molecule has 0 amide bonds. The minimum Gasteiger partial charge on any atom is -0.332 e. The van der Waals surface area contributed by atoms with Crippen LogP contribution in [0.2, 0.25) is 0 Å². The molecule has 10 heteroatoms. The first-order valence-electron chi connectivity index (χ1n) is 12.1. The molecule has 1 N–H and O–H groups in total.